The second-order valence-electron chi connectivity index (χ2n) is 4.45. The van der Waals surface area contributed by atoms with E-state index in [4.69, 9.17) is 9.84 Å². The number of carboxylic acids is 1. The molecule has 5 nitrogen and oxygen atoms in total. The predicted molar refractivity (Wildman–Crippen MR) is 66.5 cm³/mol. The summed E-state index contributed by atoms with van der Waals surface area (Å²) in [6, 6.07) is 0. The fourth-order valence-electron chi connectivity index (χ4n) is 1.80. The molecule has 1 N–H and O–H groups in total. The first-order valence-corrected chi connectivity index (χ1v) is 6.25. The third-order valence-electron chi connectivity index (χ3n) is 2.33. The third kappa shape index (κ3) is 3.47. The van der Waals surface area contributed by atoms with Gasteiger partial charge in [-0.1, -0.05) is 11.8 Å². The van der Waals surface area contributed by atoms with Crippen LogP contribution in [0.5, 0.6) is 0 Å². The van der Waals surface area contributed by atoms with Crippen LogP contribution in [-0.2, 0) is 15.1 Å². The Morgan fingerprint density at radius 1 is 1.65 bits per heavy atom. The van der Waals surface area contributed by atoms with E-state index in [2.05, 4.69) is 4.98 Å². The number of aryl methyl sites for hydroxylation is 1. The molecule has 0 aliphatic carbocycles. The maximum Gasteiger partial charge on any atom is 0.313 e. The van der Waals surface area contributed by atoms with E-state index < -0.39 is 5.97 Å². The van der Waals surface area contributed by atoms with Crippen LogP contribution in [0, 0.1) is 6.92 Å². The molecule has 0 unspecified atom stereocenters. The molecule has 0 atom stereocenters. The summed E-state index contributed by atoms with van der Waals surface area (Å²) in [7, 11) is 1.65. The average Bonchev–Trinajstić information content (AvgIpc) is 2.57. The minimum absolute atomic E-state index is 0.0134. The van der Waals surface area contributed by atoms with E-state index in [0.717, 1.165) is 5.69 Å². The summed E-state index contributed by atoms with van der Waals surface area (Å²) in [6.07, 6.45) is 1.75. The highest BCUT2D eigenvalue weighted by Crippen LogP contribution is 2.26. The number of ether oxygens (including phenoxy) is 1. The van der Waals surface area contributed by atoms with Crippen molar-refractivity contribution in [3.63, 3.8) is 0 Å². The van der Waals surface area contributed by atoms with Gasteiger partial charge in [0.05, 0.1) is 17.9 Å². The van der Waals surface area contributed by atoms with Crippen LogP contribution < -0.4 is 0 Å². The van der Waals surface area contributed by atoms with Gasteiger partial charge in [0.1, 0.15) is 0 Å². The van der Waals surface area contributed by atoms with E-state index in [1.807, 2.05) is 25.3 Å². The molecule has 1 aromatic rings. The number of aromatic nitrogens is 2. The second-order valence-corrected chi connectivity index (χ2v) is 5.39. The van der Waals surface area contributed by atoms with Gasteiger partial charge in [-0.3, -0.25) is 4.79 Å². The molecule has 17 heavy (non-hydrogen) atoms. The third-order valence-corrected chi connectivity index (χ3v) is 3.27. The lowest BCUT2D eigenvalue weighted by atomic mass is 10.1. The first kappa shape index (κ1) is 14.1. The number of thioether (sulfide) groups is 1. The minimum atomic E-state index is -0.841. The van der Waals surface area contributed by atoms with Gasteiger partial charge in [-0.2, -0.15) is 0 Å². The number of methoxy groups -OCH3 is 1. The van der Waals surface area contributed by atoms with Gasteiger partial charge >= 0.3 is 5.97 Å². The Morgan fingerprint density at radius 3 is 2.82 bits per heavy atom. The number of carboxylic acid groups (broad SMARTS) is 1. The van der Waals surface area contributed by atoms with Crippen LogP contribution in [0.1, 0.15) is 19.5 Å². The largest absolute Gasteiger partial charge is 0.481 e. The summed E-state index contributed by atoms with van der Waals surface area (Å²) in [5.74, 6) is -0.828. The summed E-state index contributed by atoms with van der Waals surface area (Å²) < 4.78 is 7.21. The molecular formula is C11H18N2O3S. The van der Waals surface area contributed by atoms with Gasteiger partial charge in [-0.25, -0.2) is 4.98 Å². The van der Waals surface area contributed by atoms with Gasteiger partial charge in [0.2, 0.25) is 0 Å². The van der Waals surface area contributed by atoms with Gasteiger partial charge in [0.15, 0.2) is 5.16 Å². The Hall–Kier alpha value is -1.01. The lowest BCUT2D eigenvalue weighted by molar-refractivity contribution is -0.133. The second kappa shape index (κ2) is 5.55. The first-order chi connectivity index (χ1) is 7.88. The van der Waals surface area contributed by atoms with E-state index in [0.29, 0.717) is 11.8 Å². The van der Waals surface area contributed by atoms with Gasteiger partial charge in [0.25, 0.3) is 0 Å². The molecule has 0 aliphatic rings. The number of carbonyl (C=O) groups is 1. The van der Waals surface area contributed by atoms with Crippen molar-refractivity contribution in [1.82, 2.24) is 9.55 Å². The quantitative estimate of drug-likeness (QED) is 0.787. The number of hydrogen-bond acceptors (Lipinski definition) is 4. The molecule has 1 aromatic heterocycles. The Morgan fingerprint density at radius 2 is 2.29 bits per heavy atom. The van der Waals surface area contributed by atoms with Gasteiger partial charge in [-0.15, -0.1) is 0 Å². The Bertz CT molecular complexity index is 401. The zero-order chi connectivity index (χ0) is 13.1. The summed E-state index contributed by atoms with van der Waals surface area (Å²) in [5, 5.41) is 9.41. The number of nitrogens with zero attached hydrogens (tertiary/aromatic N) is 2. The molecule has 0 aromatic carbocycles. The number of rotatable bonds is 6. The first-order valence-electron chi connectivity index (χ1n) is 5.27. The molecule has 0 saturated heterocycles. The molecule has 0 radical (unpaired) electrons. The van der Waals surface area contributed by atoms with Crippen molar-refractivity contribution in [2.24, 2.45) is 0 Å². The molecule has 6 heteroatoms. The fraction of sp³-hybridized carbons (Fsp3) is 0.636. The fourth-order valence-corrected chi connectivity index (χ4v) is 2.70. The lowest BCUT2D eigenvalue weighted by Crippen LogP contribution is -2.33. The summed E-state index contributed by atoms with van der Waals surface area (Å²) in [4.78, 5) is 14.8. The molecule has 0 aliphatic heterocycles. The minimum Gasteiger partial charge on any atom is -0.481 e. The van der Waals surface area contributed by atoms with Crippen molar-refractivity contribution >= 4 is 17.7 Å². The smallest absolute Gasteiger partial charge is 0.313 e. The van der Waals surface area contributed by atoms with Crippen molar-refractivity contribution in [3.05, 3.63) is 11.9 Å². The van der Waals surface area contributed by atoms with E-state index in [1.165, 1.54) is 11.8 Å². The number of aliphatic carboxylic acids is 1. The van der Waals surface area contributed by atoms with Crippen molar-refractivity contribution in [2.45, 2.75) is 31.5 Å². The standard InChI is InChI=1S/C11H18N2O3S/c1-8-5-12-10(17-6-9(14)15)13(8)11(2,3)7-16-4/h5H,6-7H2,1-4H3,(H,14,15). The highest BCUT2D eigenvalue weighted by Gasteiger charge is 2.25. The monoisotopic (exact) mass is 258 g/mol. The topological polar surface area (TPSA) is 64.4 Å². The van der Waals surface area contributed by atoms with Gasteiger partial charge < -0.3 is 14.4 Å². The van der Waals surface area contributed by atoms with E-state index in [1.54, 1.807) is 13.3 Å². The van der Waals surface area contributed by atoms with E-state index in [9.17, 15) is 4.79 Å². The van der Waals surface area contributed by atoms with Crippen molar-refractivity contribution in [2.75, 3.05) is 19.5 Å². The van der Waals surface area contributed by atoms with Crippen LogP contribution in [0.4, 0.5) is 0 Å². The lowest BCUT2D eigenvalue weighted by Gasteiger charge is -2.28. The van der Waals surface area contributed by atoms with Gasteiger partial charge in [0, 0.05) is 19.0 Å². The molecule has 0 spiro atoms. The van der Waals surface area contributed by atoms with Crippen molar-refractivity contribution in [1.29, 1.82) is 0 Å². The predicted octanol–water partition coefficient (Wildman–Crippen LogP) is 1.75. The summed E-state index contributed by atoms with van der Waals surface area (Å²) in [5.41, 5.74) is 0.760. The van der Waals surface area contributed by atoms with Crippen LogP contribution in [0.15, 0.2) is 11.4 Å². The highest BCUT2D eigenvalue weighted by atomic mass is 32.2. The maximum absolute atomic E-state index is 10.6. The van der Waals surface area contributed by atoms with E-state index >= 15 is 0 Å². The number of imidazole rings is 1. The molecule has 0 saturated carbocycles. The van der Waals surface area contributed by atoms with Gasteiger partial charge in [-0.05, 0) is 20.8 Å². The normalized spacial score (nSPS) is 11.8. The zero-order valence-corrected chi connectivity index (χ0v) is 11.4. The summed E-state index contributed by atoms with van der Waals surface area (Å²) in [6.45, 7) is 6.58. The zero-order valence-electron chi connectivity index (χ0n) is 10.6. The van der Waals surface area contributed by atoms with Crippen LogP contribution in [0.25, 0.3) is 0 Å². The van der Waals surface area contributed by atoms with Crippen molar-refractivity contribution in [3.8, 4) is 0 Å². The van der Waals surface area contributed by atoms with E-state index in [-0.39, 0.29) is 11.3 Å². The molecule has 1 rings (SSSR count). The average molecular weight is 258 g/mol. The molecule has 0 bridgehead atoms. The summed E-state index contributed by atoms with van der Waals surface area (Å²) >= 11 is 1.23. The Kier molecular flexibility index (Phi) is 4.59. The van der Waals surface area contributed by atoms with Crippen LogP contribution in [0.2, 0.25) is 0 Å². The van der Waals surface area contributed by atoms with Crippen molar-refractivity contribution < 1.29 is 14.6 Å². The number of hydrogen-bond donors (Lipinski definition) is 1. The Labute approximate surface area is 105 Å². The van der Waals surface area contributed by atoms with Crippen LogP contribution in [0.3, 0.4) is 0 Å². The molecular weight excluding hydrogens is 240 g/mol. The van der Waals surface area contributed by atoms with Crippen LogP contribution >= 0.6 is 11.8 Å². The SMILES string of the molecule is COCC(C)(C)n1c(C)cnc1SCC(=O)O. The molecule has 0 amide bonds. The highest BCUT2D eigenvalue weighted by molar-refractivity contribution is 7.99. The van der Waals surface area contributed by atoms with Crippen LogP contribution in [-0.4, -0.2) is 40.1 Å². The maximum atomic E-state index is 10.6. The molecule has 0 fully saturated rings. The molecule has 1 heterocycles. The Balaban J connectivity index is 2.97. The molecule has 96 valence electrons.